The fourth-order valence-corrected chi connectivity index (χ4v) is 3.31. The van der Waals surface area contributed by atoms with Crippen molar-refractivity contribution in [3.63, 3.8) is 0 Å². The van der Waals surface area contributed by atoms with Gasteiger partial charge in [0.15, 0.2) is 0 Å². The summed E-state index contributed by atoms with van der Waals surface area (Å²) in [6, 6.07) is 9.57. The highest BCUT2D eigenvalue weighted by Crippen LogP contribution is 2.30. The molecule has 0 aliphatic carbocycles. The van der Waals surface area contributed by atoms with Crippen LogP contribution in [0.4, 0.5) is 13.2 Å². The maximum absolute atomic E-state index is 12.8. The van der Waals surface area contributed by atoms with Crippen LogP contribution in [0.1, 0.15) is 47.6 Å². The van der Waals surface area contributed by atoms with Crippen molar-refractivity contribution in [2.24, 2.45) is 0 Å². The predicted molar refractivity (Wildman–Crippen MR) is 112 cm³/mol. The molecule has 0 fully saturated rings. The Morgan fingerprint density at radius 3 is 2.58 bits per heavy atom. The van der Waals surface area contributed by atoms with Gasteiger partial charge in [0.25, 0.3) is 0 Å². The highest BCUT2D eigenvalue weighted by molar-refractivity contribution is 5.87. The highest BCUT2D eigenvalue weighted by atomic mass is 19.4. The molecule has 1 heterocycles. The third-order valence-corrected chi connectivity index (χ3v) is 4.83. The van der Waals surface area contributed by atoms with Gasteiger partial charge in [-0.3, -0.25) is 0 Å². The average molecular weight is 430 g/mol. The molecule has 162 valence electrons. The quantitative estimate of drug-likeness (QED) is 0.283. The lowest BCUT2D eigenvalue weighted by Crippen LogP contribution is -2.06. The normalized spacial score (nSPS) is 12.1. The van der Waals surface area contributed by atoms with Gasteiger partial charge >= 0.3 is 17.8 Å². The molecule has 3 aromatic rings. The molecule has 0 spiro atoms. The van der Waals surface area contributed by atoms with Crippen molar-refractivity contribution >= 4 is 23.0 Å². The Morgan fingerprint density at radius 1 is 1.16 bits per heavy atom. The number of hydrogen-bond acceptors (Lipinski definition) is 4. The standard InChI is InChI=1S/C24H21F3O4/c1-14(2)19-12-20-17(11-23(29)31-21(20)9-15(19)3)13-30-22(28)8-7-16-5-4-6-18(10-16)24(25,26)27/h4-12,14H,13H2,1-3H3. The van der Waals surface area contributed by atoms with Crippen molar-refractivity contribution in [1.29, 1.82) is 0 Å². The molecule has 0 aliphatic rings. The molecule has 0 radical (unpaired) electrons. The van der Waals surface area contributed by atoms with Gasteiger partial charge in [0, 0.05) is 23.1 Å². The zero-order chi connectivity index (χ0) is 22.8. The van der Waals surface area contributed by atoms with Gasteiger partial charge in [-0.05, 0) is 59.9 Å². The maximum Gasteiger partial charge on any atom is 0.416 e. The number of alkyl halides is 3. The van der Waals surface area contributed by atoms with Crippen LogP contribution in [-0.2, 0) is 22.3 Å². The molecule has 0 unspecified atom stereocenters. The second-order valence-corrected chi connectivity index (χ2v) is 7.51. The lowest BCUT2D eigenvalue weighted by Gasteiger charge is -2.13. The second-order valence-electron chi connectivity index (χ2n) is 7.51. The van der Waals surface area contributed by atoms with E-state index < -0.39 is 23.3 Å². The summed E-state index contributed by atoms with van der Waals surface area (Å²) in [5, 5.41) is 0.670. The Kier molecular flexibility index (Phi) is 6.34. The zero-order valence-corrected chi connectivity index (χ0v) is 17.2. The SMILES string of the molecule is Cc1cc2oc(=O)cc(COC(=O)C=Cc3cccc(C(F)(F)F)c3)c2cc1C(C)C. The summed E-state index contributed by atoms with van der Waals surface area (Å²) in [7, 11) is 0. The Morgan fingerprint density at radius 2 is 1.90 bits per heavy atom. The van der Waals surface area contributed by atoms with Crippen molar-refractivity contribution in [2.45, 2.75) is 39.5 Å². The van der Waals surface area contributed by atoms with E-state index in [4.69, 9.17) is 9.15 Å². The summed E-state index contributed by atoms with van der Waals surface area (Å²) < 4.78 is 48.8. The summed E-state index contributed by atoms with van der Waals surface area (Å²) in [4.78, 5) is 24.0. The van der Waals surface area contributed by atoms with E-state index >= 15 is 0 Å². The van der Waals surface area contributed by atoms with E-state index in [-0.39, 0.29) is 18.1 Å². The van der Waals surface area contributed by atoms with Crippen LogP contribution < -0.4 is 5.63 Å². The third kappa shape index (κ3) is 5.42. The number of carbonyl (C=O) groups excluding carboxylic acids is 1. The van der Waals surface area contributed by atoms with E-state index in [9.17, 15) is 22.8 Å². The summed E-state index contributed by atoms with van der Waals surface area (Å²) in [5.74, 6) is -0.489. The molecule has 3 rings (SSSR count). The number of fused-ring (bicyclic) bond motifs is 1. The first-order chi connectivity index (χ1) is 14.5. The van der Waals surface area contributed by atoms with Crippen LogP contribution in [0.5, 0.6) is 0 Å². The molecule has 0 saturated heterocycles. The minimum atomic E-state index is -4.47. The maximum atomic E-state index is 12.8. The van der Waals surface area contributed by atoms with Crippen molar-refractivity contribution in [2.75, 3.05) is 0 Å². The van der Waals surface area contributed by atoms with Crippen molar-refractivity contribution in [3.05, 3.63) is 86.8 Å². The molecule has 4 nitrogen and oxygen atoms in total. The lowest BCUT2D eigenvalue weighted by molar-refractivity contribution is -0.139. The first-order valence-electron chi connectivity index (χ1n) is 9.64. The third-order valence-electron chi connectivity index (χ3n) is 4.83. The highest BCUT2D eigenvalue weighted by Gasteiger charge is 2.30. The van der Waals surface area contributed by atoms with E-state index in [1.165, 1.54) is 24.3 Å². The molecule has 0 bridgehead atoms. The van der Waals surface area contributed by atoms with Crippen LogP contribution in [0.2, 0.25) is 0 Å². The van der Waals surface area contributed by atoms with Crippen LogP contribution in [0.3, 0.4) is 0 Å². The smallest absolute Gasteiger partial charge is 0.416 e. The van der Waals surface area contributed by atoms with Crippen LogP contribution >= 0.6 is 0 Å². The average Bonchev–Trinajstić information content (AvgIpc) is 2.69. The van der Waals surface area contributed by atoms with Crippen molar-refractivity contribution in [3.8, 4) is 0 Å². The molecule has 0 saturated carbocycles. The fourth-order valence-electron chi connectivity index (χ4n) is 3.31. The van der Waals surface area contributed by atoms with Crippen molar-refractivity contribution in [1.82, 2.24) is 0 Å². The lowest BCUT2D eigenvalue weighted by atomic mass is 9.95. The van der Waals surface area contributed by atoms with Gasteiger partial charge < -0.3 is 9.15 Å². The summed E-state index contributed by atoms with van der Waals surface area (Å²) in [5.41, 5.74) is 1.82. The minimum Gasteiger partial charge on any atom is -0.458 e. The topological polar surface area (TPSA) is 56.5 Å². The van der Waals surface area contributed by atoms with Gasteiger partial charge in [-0.2, -0.15) is 13.2 Å². The van der Waals surface area contributed by atoms with E-state index in [0.717, 1.165) is 29.3 Å². The zero-order valence-electron chi connectivity index (χ0n) is 17.2. The van der Waals surface area contributed by atoms with Gasteiger partial charge in [-0.25, -0.2) is 9.59 Å². The summed E-state index contributed by atoms with van der Waals surface area (Å²) in [6.07, 6.45) is -2.17. The monoisotopic (exact) mass is 430 g/mol. The van der Waals surface area contributed by atoms with E-state index in [1.807, 2.05) is 26.8 Å². The summed E-state index contributed by atoms with van der Waals surface area (Å²) >= 11 is 0. The second kappa shape index (κ2) is 8.79. The Labute approximate surface area is 177 Å². The Bertz CT molecular complexity index is 1200. The van der Waals surface area contributed by atoms with Gasteiger partial charge in [-0.15, -0.1) is 0 Å². The number of aryl methyl sites for hydroxylation is 1. The van der Waals surface area contributed by atoms with E-state index in [1.54, 1.807) is 6.07 Å². The fraction of sp³-hybridized carbons (Fsp3) is 0.250. The van der Waals surface area contributed by atoms with Crippen LogP contribution in [0, 0.1) is 6.92 Å². The van der Waals surface area contributed by atoms with Crippen LogP contribution in [0.25, 0.3) is 17.0 Å². The van der Waals surface area contributed by atoms with Crippen LogP contribution in [0.15, 0.2) is 57.8 Å². The molecular formula is C24H21F3O4. The van der Waals surface area contributed by atoms with E-state index in [2.05, 4.69) is 0 Å². The number of halogens is 3. The first-order valence-corrected chi connectivity index (χ1v) is 9.64. The van der Waals surface area contributed by atoms with Crippen LogP contribution in [-0.4, -0.2) is 5.97 Å². The number of ether oxygens (including phenoxy) is 1. The number of esters is 1. The number of rotatable bonds is 5. The van der Waals surface area contributed by atoms with Gasteiger partial charge in [-0.1, -0.05) is 26.0 Å². The molecule has 1 aromatic heterocycles. The van der Waals surface area contributed by atoms with Gasteiger partial charge in [0.05, 0.1) is 5.56 Å². The van der Waals surface area contributed by atoms with Crippen molar-refractivity contribution < 1.29 is 27.1 Å². The summed E-state index contributed by atoms with van der Waals surface area (Å²) in [6.45, 7) is 5.85. The molecule has 0 aliphatic heterocycles. The number of hydrogen-bond donors (Lipinski definition) is 0. The number of carbonyl (C=O) groups is 1. The molecule has 31 heavy (non-hydrogen) atoms. The Balaban J connectivity index is 1.79. The van der Waals surface area contributed by atoms with Gasteiger partial charge in [0.1, 0.15) is 12.2 Å². The van der Waals surface area contributed by atoms with E-state index in [0.29, 0.717) is 16.5 Å². The molecule has 7 heteroatoms. The molecule has 0 amide bonds. The first kappa shape index (κ1) is 22.3. The minimum absolute atomic E-state index is 0.172. The van der Waals surface area contributed by atoms with Gasteiger partial charge in [0.2, 0.25) is 0 Å². The molecule has 2 aromatic carbocycles. The molecular weight excluding hydrogens is 409 g/mol. The number of benzene rings is 2. The largest absolute Gasteiger partial charge is 0.458 e. The molecule has 0 atom stereocenters. The predicted octanol–water partition coefficient (Wildman–Crippen LogP) is 6.00. The Hall–Kier alpha value is -3.35. The molecule has 0 N–H and O–H groups in total.